The molecule has 0 saturated heterocycles. The van der Waals surface area contributed by atoms with Gasteiger partial charge in [-0.2, -0.15) is 0 Å². The van der Waals surface area contributed by atoms with Crippen LogP contribution in [0.4, 0.5) is 0 Å². The first-order valence-electron chi connectivity index (χ1n) is 6.46. The second-order valence-corrected chi connectivity index (χ2v) is 7.90. The van der Waals surface area contributed by atoms with Crippen LogP contribution in [0.15, 0.2) is 34.4 Å². The van der Waals surface area contributed by atoms with E-state index in [9.17, 15) is 0 Å². The minimum atomic E-state index is 0.231. The molecule has 0 aromatic heterocycles. The molecular weight excluding hydrogens is 272 g/mol. The van der Waals surface area contributed by atoms with E-state index in [1.165, 1.54) is 24.0 Å². The van der Waals surface area contributed by atoms with Crippen LogP contribution < -0.4 is 0 Å². The summed E-state index contributed by atoms with van der Waals surface area (Å²) in [6, 6.07) is 0. The molecule has 0 amide bonds. The van der Waals surface area contributed by atoms with Gasteiger partial charge in [-0.25, -0.2) is 0 Å². The maximum absolute atomic E-state index is 4.34. The van der Waals surface area contributed by atoms with Gasteiger partial charge in [-0.15, -0.1) is 0 Å². The average molecular weight is 293 g/mol. The normalized spacial score (nSPS) is 48.5. The van der Waals surface area contributed by atoms with Crippen LogP contribution in [0.5, 0.6) is 0 Å². The highest BCUT2D eigenvalue weighted by Crippen LogP contribution is 2.77. The van der Waals surface area contributed by atoms with Crippen molar-refractivity contribution in [3.8, 4) is 0 Å². The second kappa shape index (κ2) is 2.82. The van der Waals surface area contributed by atoms with Gasteiger partial charge in [-0.3, -0.25) is 0 Å². The van der Waals surface area contributed by atoms with Gasteiger partial charge in [-0.05, 0) is 51.7 Å². The first-order valence-corrected chi connectivity index (χ1v) is 7.25. The second-order valence-electron chi connectivity index (χ2n) is 6.55. The number of allylic oxidation sites excluding steroid dienone is 5. The lowest BCUT2D eigenvalue weighted by molar-refractivity contribution is 0.288. The van der Waals surface area contributed by atoms with Gasteiger partial charge >= 0.3 is 0 Å². The highest BCUT2D eigenvalue weighted by molar-refractivity contribution is 9.10. The molecule has 0 N–H and O–H groups in total. The molecule has 92 valence electrons. The van der Waals surface area contributed by atoms with Gasteiger partial charge in [0.1, 0.15) is 0 Å². The largest absolute Gasteiger partial charge is 0.0947 e. The molecule has 1 spiro atoms. The van der Waals surface area contributed by atoms with E-state index >= 15 is 0 Å². The summed E-state index contributed by atoms with van der Waals surface area (Å²) in [5.41, 5.74) is 8.20. The molecule has 0 bridgehead atoms. The number of hydrogen-bond acceptors (Lipinski definition) is 0. The van der Waals surface area contributed by atoms with E-state index < -0.39 is 0 Å². The van der Waals surface area contributed by atoms with Gasteiger partial charge < -0.3 is 0 Å². The molecule has 0 nitrogen and oxygen atoms in total. The standard InChI is InChI=1S/C16H21Br/c1-9-10(2)15(11(9)3)7-14(6)12(4)13(5)16(14,17)8-15/h2,7-8H2,1,3-6H3/t14-,15+,16+/m1/s1. The van der Waals surface area contributed by atoms with Crippen LogP contribution in [0.25, 0.3) is 0 Å². The number of rotatable bonds is 0. The zero-order valence-electron chi connectivity index (χ0n) is 11.5. The van der Waals surface area contributed by atoms with Crippen molar-refractivity contribution in [1.82, 2.24) is 0 Å². The molecule has 3 atom stereocenters. The first kappa shape index (κ1) is 11.8. The van der Waals surface area contributed by atoms with E-state index in [1.807, 2.05) is 0 Å². The fourth-order valence-corrected chi connectivity index (χ4v) is 5.84. The highest BCUT2D eigenvalue weighted by atomic mass is 79.9. The summed E-state index contributed by atoms with van der Waals surface area (Å²) in [6.45, 7) is 15.9. The smallest absolute Gasteiger partial charge is 0.0568 e. The molecule has 1 saturated carbocycles. The predicted molar refractivity (Wildman–Crippen MR) is 77.3 cm³/mol. The Labute approximate surface area is 113 Å². The summed E-state index contributed by atoms with van der Waals surface area (Å²) < 4.78 is 0.231. The Kier molecular flexibility index (Phi) is 1.95. The third kappa shape index (κ3) is 0.917. The Morgan fingerprint density at radius 3 is 2.06 bits per heavy atom. The molecule has 3 aliphatic rings. The van der Waals surface area contributed by atoms with Gasteiger partial charge in [-0.1, -0.05) is 46.2 Å². The van der Waals surface area contributed by atoms with Crippen molar-refractivity contribution in [2.45, 2.75) is 51.8 Å². The van der Waals surface area contributed by atoms with Crippen LogP contribution >= 0.6 is 15.9 Å². The molecule has 3 rings (SSSR count). The van der Waals surface area contributed by atoms with Crippen molar-refractivity contribution in [3.63, 3.8) is 0 Å². The Morgan fingerprint density at radius 2 is 1.59 bits per heavy atom. The lowest BCUT2D eigenvalue weighted by Crippen LogP contribution is -2.47. The topological polar surface area (TPSA) is 0 Å². The van der Waals surface area contributed by atoms with E-state index in [2.05, 4.69) is 57.1 Å². The molecule has 0 radical (unpaired) electrons. The van der Waals surface area contributed by atoms with Crippen LogP contribution in [-0.2, 0) is 0 Å². The van der Waals surface area contributed by atoms with Crippen molar-refractivity contribution in [3.05, 3.63) is 34.4 Å². The van der Waals surface area contributed by atoms with Gasteiger partial charge in [0.2, 0.25) is 0 Å². The van der Waals surface area contributed by atoms with E-state index in [-0.39, 0.29) is 4.32 Å². The maximum Gasteiger partial charge on any atom is 0.0568 e. The molecule has 1 fully saturated rings. The zero-order chi connectivity index (χ0) is 12.8. The number of hydrogen-bond donors (Lipinski definition) is 0. The molecule has 0 aromatic rings. The fraction of sp³-hybridized carbons (Fsp3) is 0.625. The third-order valence-electron chi connectivity index (χ3n) is 6.37. The summed E-state index contributed by atoms with van der Waals surface area (Å²) in [5, 5.41) is 0. The first-order chi connectivity index (χ1) is 7.71. The number of fused-ring (bicyclic) bond motifs is 1. The molecule has 17 heavy (non-hydrogen) atoms. The van der Waals surface area contributed by atoms with Crippen LogP contribution in [0.2, 0.25) is 0 Å². The van der Waals surface area contributed by atoms with E-state index in [1.54, 1.807) is 16.7 Å². The molecule has 3 aliphatic carbocycles. The molecule has 0 heterocycles. The molecule has 0 aliphatic heterocycles. The van der Waals surface area contributed by atoms with E-state index in [4.69, 9.17) is 0 Å². The summed E-state index contributed by atoms with van der Waals surface area (Å²) >= 11 is 4.06. The summed E-state index contributed by atoms with van der Waals surface area (Å²) in [4.78, 5) is 0. The van der Waals surface area contributed by atoms with Crippen LogP contribution in [0, 0.1) is 10.8 Å². The minimum absolute atomic E-state index is 0.231. The molecule has 1 heteroatoms. The Bertz CT molecular complexity index is 494. The lowest BCUT2D eigenvalue weighted by Gasteiger charge is -2.52. The van der Waals surface area contributed by atoms with Crippen LogP contribution in [0.3, 0.4) is 0 Å². The highest BCUT2D eigenvalue weighted by Gasteiger charge is 2.69. The molecular formula is C16H21Br. The fourth-order valence-electron chi connectivity index (χ4n) is 4.63. The maximum atomic E-state index is 4.34. The van der Waals surface area contributed by atoms with E-state index in [0.717, 1.165) is 0 Å². The SMILES string of the molecule is C=C1C(C)=C(C)[C@]12C[C@]1(C)C(C)=C(C)[C@@]1(Br)C2. The molecule has 0 unspecified atom stereocenters. The lowest BCUT2D eigenvalue weighted by atomic mass is 9.58. The summed E-state index contributed by atoms with van der Waals surface area (Å²) in [6.07, 6.45) is 2.46. The van der Waals surface area contributed by atoms with Gasteiger partial charge in [0.05, 0.1) is 4.32 Å². The number of alkyl halides is 1. The Morgan fingerprint density at radius 1 is 1.00 bits per heavy atom. The van der Waals surface area contributed by atoms with Crippen molar-refractivity contribution < 1.29 is 0 Å². The van der Waals surface area contributed by atoms with Crippen molar-refractivity contribution in [2.75, 3.05) is 0 Å². The predicted octanol–water partition coefficient (Wildman–Crippen LogP) is 5.16. The van der Waals surface area contributed by atoms with Crippen molar-refractivity contribution in [2.24, 2.45) is 10.8 Å². The summed E-state index contributed by atoms with van der Waals surface area (Å²) in [5.74, 6) is 0. The van der Waals surface area contributed by atoms with Gasteiger partial charge in [0.15, 0.2) is 0 Å². The van der Waals surface area contributed by atoms with Crippen molar-refractivity contribution in [1.29, 1.82) is 0 Å². The van der Waals surface area contributed by atoms with E-state index in [0.29, 0.717) is 10.8 Å². The van der Waals surface area contributed by atoms with Crippen LogP contribution in [-0.4, -0.2) is 4.32 Å². The minimum Gasteiger partial charge on any atom is -0.0947 e. The Hall–Kier alpha value is -0.300. The molecule has 0 aromatic carbocycles. The average Bonchev–Trinajstić information content (AvgIpc) is 2.56. The van der Waals surface area contributed by atoms with Crippen molar-refractivity contribution >= 4 is 15.9 Å². The quantitative estimate of drug-likeness (QED) is 0.427. The summed E-state index contributed by atoms with van der Waals surface area (Å²) in [7, 11) is 0. The monoisotopic (exact) mass is 292 g/mol. The Balaban J connectivity index is 2.10. The zero-order valence-corrected chi connectivity index (χ0v) is 13.1. The van der Waals surface area contributed by atoms with Crippen LogP contribution in [0.1, 0.15) is 47.5 Å². The van der Waals surface area contributed by atoms with Gasteiger partial charge in [0, 0.05) is 10.8 Å². The van der Waals surface area contributed by atoms with Gasteiger partial charge in [0.25, 0.3) is 0 Å². The number of halogens is 1. The third-order valence-corrected chi connectivity index (χ3v) is 8.12.